The van der Waals surface area contributed by atoms with E-state index in [0.29, 0.717) is 0 Å². The first kappa shape index (κ1) is 23.6. The molecule has 4 rings (SSSR count). The molecule has 0 aliphatic carbocycles. The molecule has 0 saturated carbocycles. The smallest absolute Gasteiger partial charge is 0.214 e. The molecule has 0 radical (unpaired) electrons. The standard InChI is InChI=1S/C14H8.2C5H5.2Fe/c1-2-8-13(7-1)11-5-6-12-14-9-3-4-10-14;2*1-2-4-5-3-1;;/h1-4,7-10H;2*1-5H;;/q-2;2*-1;2*+2. The van der Waals surface area contributed by atoms with E-state index in [0.717, 1.165) is 11.1 Å². The normalized spacial score (nSPS) is 7.54. The van der Waals surface area contributed by atoms with E-state index < -0.39 is 0 Å². The van der Waals surface area contributed by atoms with Crippen LogP contribution in [0.2, 0.25) is 0 Å². The summed E-state index contributed by atoms with van der Waals surface area (Å²) < 4.78 is 0. The van der Waals surface area contributed by atoms with Gasteiger partial charge < -0.3 is 0 Å². The van der Waals surface area contributed by atoms with Crippen molar-refractivity contribution >= 4 is 0 Å². The van der Waals surface area contributed by atoms with Gasteiger partial charge in [-0.1, -0.05) is 11.8 Å². The molecule has 4 aromatic rings. The second-order valence-corrected chi connectivity index (χ2v) is 4.77. The summed E-state index contributed by atoms with van der Waals surface area (Å²) in [6, 6.07) is 35.7. The third-order valence-corrected chi connectivity index (χ3v) is 2.91. The zero-order valence-electron chi connectivity index (χ0n) is 14.1. The molecule has 0 heterocycles. The van der Waals surface area contributed by atoms with Crippen LogP contribution in [-0.4, -0.2) is 0 Å². The van der Waals surface area contributed by atoms with E-state index in [-0.39, 0.29) is 34.1 Å². The minimum absolute atomic E-state index is 0. The second-order valence-electron chi connectivity index (χ2n) is 4.77. The summed E-state index contributed by atoms with van der Waals surface area (Å²) in [4.78, 5) is 0. The van der Waals surface area contributed by atoms with Crippen LogP contribution in [0.1, 0.15) is 11.1 Å². The van der Waals surface area contributed by atoms with Crippen molar-refractivity contribution in [2.24, 2.45) is 0 Å². The summed E-state index contributed by atoms with van der Waals surface area (Å²) in [5.74, 6) is 11.6. The Bertz CT molecular complexity index is 729. The summed E-state index contributed by atoms with van der Waals surface area (Å²) in [7, 11) is 0. The minimum Gasteiger partial charge on any atom is -0.214 e. The Morgan fingerprint density at radius 1 is 0.500 bits per heavy atom. The van der Waals surface area contributed by atoms with Gasteiger partial charge in [0.25, 0.3) is 0 Å². The molecule has 0 unspecified atom stereocenters. The molecular formula is C24H18Fe2. The third kappa shape index (κ3) is 11.2. The fraction of sp³-hybridized carbons (Fsp3) is 0. The fourth-order valence-electron chi connectivity index (χ4n) is 1.76. The van der Waals surface area contributed by atoms with E-state index in [2.05, 4.69) is 23.7 Å². The van der Waals surface area contributed by atoms with Crippen LogP contribution < -0.4 is 0 Å². The van der Waals surface area contributed by atoms with Crippen molar-refractivity contribution in [3.05, 3.63) is 120 Å². The van der Waals surface area contributed by atoms with Gasteiger partial charge in [-0.15, -0.1) is 23.3 Å². The topological polar surface area (TPSA) is 0 Å². The Kier molecular flexibility index (Phi) is 14.5. The molecule has 0 atom stereocenters. The van der Waals surface area contributed by atoms with E-state index in [1.165, 1.54) is 0 Å². The van der Waals surface area contributed by atoms with Crippen LogP contribution in [0, 0.1) is 23.7 Å². The van der Waals surface area contributed by atoms with Crippen molar-refractivity contribution in [3.63, 3.8) is 0 Å². The van der Waals surface area contributed by atoms with Crippen LogP contribution >= 0.6 is 0 Å². The van der Waals surface area contributed by atoms with Crippen LogP contribution in [0.3, 0.4) is 0 Å². The summed E-state index contributed by atoms with van der Waals surface area (Å²) in [5, 5.41) is 0. The van der Waals surface area contributed by atoms with E-state index in [9.17, 15) is 0 Å². The van der Waals surface area contributed by atoms with Gasteiger partial charge in [-0.25, -0.2) is 24.3 Å². The summed E-state index contributed by atoms with van der Waals surface area (Å²) >= 11 is 0. The van der Waals surface area contributed by atoms with Gasteiger partial charge in [0.1, 0.15) is 0 Å². The number of hydrogen-bond acceptors (Lipinski definition) is 0. The molecule has 0 saturated heterocycles. The van der Waals surface area contributed by atoms with Gasteiger partial charge in [0, 0.05) is 0 Å². The quantitative estimate of drug-likeness (QED) is 0.206. The largest absolute Gasteiger partial charge is 2.00 e. The summed E-state index contributed by atoms with van der Waals surface area (Å²) in [6.07, 6.45) is 0. The SMILES string of the molecule is C(C#Cc1ccc[cH-]1)#Cc1ccc[cH-]1.[Fe+2].[Fe+2].c1cc[cH-]c1.c1cc[cH-]c1. The maximum atomic E-state index is 2.96. The predicted octanol–water partition coefficient (Wildman–Crippen LogP) is 5.33. The van der Waals surface area contributed by atoms with Gasteiger partial charge in [0.15, 0.2) is 0 Å². The monoisotopic (exact) mass is 418 g/mol. The van der Waals surface area contributed by atoms with Gasteiger partial charge in [-0.3, -0.25) is 0 Å². The summed E-state index contributed by atoms with van der Waals surface area (Å²) in [6.45, 7) is 0. The predicted molar refractivity (Wildman–Crippen MR) is 102 cm³/mol. The molecule has 0 amide bonds. The number of hydrogen-bond donors (Lipinski definition) is 0. The second kappa shape index (κ2) is 16.1. The molecule has 0 bridgehead atoms. The average Bonchev–Trinajstić information content (AvgIpc) is 3.44. The van der Waals surface area contributed by atoms with Crippen molar-refractivity contribution in [1.82, 2.24) is 0 Å². The van der Waals surface area contributed by atoms with Crippen molar-refractivity contribution in [2.45, 2.75) is 0 Å². The van der Waals surface area contributed by atoms with E-state index in [4.69, 9.17) is 0 Å². The van der Waals surface area contributed by atoms with Gasteiger partial charge >= 0.3 is 34.1 Å². The van der Waals surface area contributed by atoms with Gasteiger partial charge in [0.05, 0.1) is 0 Å². The zero-order chi connectivity index (χ0) is 16.7. The number of rotatable bonds is 0. The van der Waals surface area contributed by atoms with Crippen LogP contribution in [0.4, 0.5) is 0 Å². The molecule has 0 aromatic heterocycles. The molecule has 0 aliphatic heterocycles. The van der Waals surface area contributed by atoms with Gasteiger partial charge in [-0.2, -0.15) is 84.6 Å². The maximum Gasteiger partial charge on any atom is 2.00 e. The van der Waals surface area contributed by atoms with Gasteiger partial charge in [-0.05, 0) is 0 Å². The van der Waals surface area contributed by atoms with Crippen LogP contribution in [0.15, 0.2) is 109 Å². The first-order valence-corrected chi connectivity index (χ1v) is 7.74. The molecule has 0 spiro atoms. The Morgan fingerprint density at radius 2 is 0.885 bits per heavy atom. The molecule has 0 N–H and O–H groups in total. The van der Waals surface area contributed by atoms with E-state index in [1.807, 2.05) is 109 Å². The van der Waals surface area contributed by atoms with Crippen LogP contribution in [-0.2, 0) is 34.1 Å². The fourth-order valence-corrected chi connectivity index (χ4v) is 1.76. The maximum absolute atomic E-state index is 2.96. The van der Waals surface area contributed by atoms with Crippen LogP contribution in [0.5, 0.6) is 0 Å². The van der Waals surface area contributed by atoms with Crippen LogP contribution in [0.25, 0.3) is 0 Å². The minimum atomic E-state index is 0. The molecule has 130 valence electrons. The van der Waals surface area contributed by atoms with E-state index in [1.54, 1.807) is 0 Å². The molecule has 2 heteroatoms. The molecule has 0 fully saturated rings. The molecule has 4 aromatic carbocycles. The molecular weight excluding hydrogens is 400 g/mol. The third-order valence-electron chi connectivity index (χ3n) is 2.91. The molecule has 26 heavy (non-hydrogen) atoms. The average molecular weight is 418 g/mol. The first-order valence-electron chi connectivity index (χ1n) is 7.74. The van der Waals surface area contributed by atoms with E-state index >= 15 is 0 Å². The Hall–Kier alpha value is -2.44. The Morgan fingerprint density at radius 3 is 1.12 bits per heavy atom. The zero-order valence-corrected chi connectivity index (χ0v) is 16.3. The Balaban J connectivity index is 0.000000432. The van der Waals surface area contributed by atoms with Crippen molar-refractivity contribution in [2.75, 3.05) is 0 Å². The van der Waals surface area contributed by atoms with Gasteiger partial charge in [0.2, 0.25) is 0 Å². The van der Waals surface area contributed by atoms with Crippen molar-refractivity contribution < 1.29 is 34.1 Å². The van der Waals surface area contributed by atoms with Crippen molar-refractivity contribution in [3.8, 4) is 23.7 Å². The molecule has 0 aliphatic rings. The Labute approximate surface area is 177 Å². The summed E-state index contributed by atoms with van der Waals surface area (Å²) in [5.41, 5.74) is 2.03. The van der Waals surface area contributed by atoms with Crippen molar-refractivity contribution in [1.29, 1.82) is 0 Å². The molecule has 0 nitrogen and oxygen atoms in total. The first-order chi connectivity index (χ1) is 11.9.